The molecule has 0 bridgehead atoms. The smallest absolute Gasteiger partial charge is 0.335 e. The highest BCUT2D eigenvalue weighted by atomic mass is 16.7. The number of esters is 3. The van der Waals surface area contributed by atoms with E-state index in [1.165, 1.54) is 109 Å². The summed E-state index contributed by atoms with van der Waals surface area (Å²) in [6.45, 7) is 5.80. The highest BCUT2D eigenvalue weighted by molar-refractivity contribution is 5.74. The van der Waals surface area contributed by atoms with E-state index in [4.69, 9.17) is 23.7 Å². The van der Waals surface area contributed by atoms with E-state index in [2.05, 4.69) is 69.4 Å². The van der Waals surface area contributed by atoms with Crippen LogP contribution in [0.1, 0.15) is 252 Å². The molecule has 0 aromatic heterocycles. The van der Waals surface area contributed by atoms with Gasteiger partial charge in [-0.25, -0.2) is 4.79 Å². The average Bonchev–Trinajstić information content (AvgIpc) is 3.37. The van der Waals surface area contributed by atoms with Gasteiger partial charge in [-0.1, -0.05) is 223 Å². The van der Waals surface area contributed by atoms with Gasteiger partial charge in [0.1, 0.15) is 18.8 Å². The molecule has 1 saturated heterocycles. The van der Waals surface area contributed by atoms with Crippen LogP contribution in [-0.2, 0) is 42.9 Å². The van der Waals surface area contributed by atoms with Crippen LogP contribution in [0.2, 0.25) is 0 Å². The first-order valence-corrected chi connectivity index (χ1v) is 29.3. The van der Waals surface area contributed by atoms with Gasteiger partial charge in [0, 0.05) is 19.3 Å². The third-order valence-electron chi connectivity index (χ3n) is 13.1. The van der Waals surface area contributed by atoms with Crippen molar-refractivity contribution < 1.29 is 58.2 Å². The highest BCUT2D eigenvalue weighted by Gasteiger charge is 2.50. The molecule has 0 aromatic rings. The largest absolute Gasteiger partial charge is 0.479 e. The number of unbranched alkanes of at least 4 members (excludes halogenated alkanes) is 25. The van der Waals surface area contributed by atoms with Crippen molar-refractivity contribution in [3.63, 3.8) is 0 Å². The molecule has 1 fully saturated rings. The van der Waals surface area contributed by atoms with Crippen molar-refractivity contribution in [2.75, 3.05) is 13.2 Å². The summed E-state index contributed by atoms with van der Waals surface area (Å²) in [5, 5.41) is 31.4. The Kier molecular flexibility index (Phi) is 45.5. The van der Waals surface area contributed by atoms with E-state index in [0.717, 1.165) is 77.0 Å². The summed E-state index contributed by atoms with van der Waals surface area (Å²) in [6, 6.07) is 0. The van der Waals surface area contributed by atoms with Crippen molar-refractivity contribution >= 4 is 23.9 Å². The lowest BCUT2D eigenvalue weighted by Crippen LogP contribution is -2.61. The summed E-state index contributed by atoms with van der Waals surface area (Å²) in [4.78, 5) is 51.0. The van der Waals surface area contributed by atoms with E-state index in [1.807, 2.05) is 12.2 Å². The molecule has 0 saturated carbocycles. The van der Waals surface area contributed by atoms with Gasteiger partial charge in [0.2, 0.25) is 0 Å². The number of aliphatic hydroxyl groups is 2. The van der Waals surface area contributed by atoms with Crippen LogP contribution in [0.3, 0.4) is 0 Å². The van der Waals surface area contributed by atoms with E-state index in [-0.39, 0.29) is 25.9 Å². The molecule has 0 amide bonds. The summed E-state index contributed by atoms with van der Waals surface area (Å²) in [5.74, 6) is -3.23. The number of aliphatic carboxylic acids is 1. The second-order valence-corrected chi connectivity index (χ2v) is 19.9. The van der Waals surface area contributed by atoms with Crippen LogP contribution in [0.25, 0.3) is 0 Å². The van der Waals surface area contributed by atoms with E-state index < -0.39 is 67.3 Å². The summed E-state index contributed by atoms with van der Waals surface area (Å²) in [5.41, 5.74) is 0. The van der Waals surface area contributed by atoms with Gasteiger partial charge in [-0.15, -0.1) is 0 Å². The van der Waals surface area contributed by atoms with Gasteiger partial charge in [-0.2, -0.15) is 0 Å². The first kappa shape index (κ1) is 67.4. The molecule has 0 aliphatic carbocycles. The molecule has 12 nitrogen and oxygen atoms in total. The summed E-state index contributed by atoms with van der Waals surface area (Å²) < 4.78 is 28.3. The van der Waals surface area contributed by atoms with Crippen LogP contribution < -0.4 is 0 Å². The number of hydrogen-bond acceptors (Lipinski definition) is 11. The van der Waals surface area contributed by atoms with Crippen LogP contribution in [0.5, 0.6) is 0 Å². The quantitative estimate of drug-likeness (QED) is 0.0228. The Labute approximate surface area is 443 Å². The molecular formula is C61H104O12. The van der Waals surface area contributed by atoms with Gasteiger partial charge in [-0.3, -0.25) is 14.4 Å². The monoisotopic (exact) mass is 1030 g/mol. The minimum absolute atomic E-state index is 0.0420. The normalized spacial score (nSPS) is 18.7. The van der Waals surface area contributed by atoms with Gasteiger partial charge in [-0.05, 0) is 70.6 Å². The zero-order valence-electron chi connectivity index (χ0n) is 46.1. The fourth-order valence-corrected chi connectivity index (χ4v) is 8.61. The highest BCUT2D eigenvalue weighted by Crippen LogP contribution is 2.26. The number of carbonyl (C=O) groups is 4. The predicted molar refractivity (Wildman–Crippen MR) is 294 cm³/mol. The zero-order valence-corrected chi connectivity index (χ0v) is 46.1. The fraction of sp³-hybridized carbons (Fsp3) is 0.770. The molecular weight excluding hydrogens is 925 g/mol. The Bertz CT molecular complexity index is 1500. The van der Waals surface area contributed by atoms with Crippen LogP contribution in [-0.4, -0.2) is 89.2 Å². The van der Waals surface area contributed by atoms with Crippen LogP contribution in [0, 0.1) is 0 Å². The molecule has 12 heteroatoms. The predicted octanol–water partition coefficient (Wildman–Crippen LogP) is 14.8. The summed E-state index contributed by atoms with van der Waals surface area (Å²) >= 11 is 0. The van der Waals surface area contributed by atoms with Crippen molar-refractivity contribution in [1.82, 2.24) is 0 Å². The average molecular weight is 1030 g/mol. The Morgan fingerprint density at radius 1 is 0.466 bits per heavy atom. The van der Waals surface area contributed by atoms with Crippen molar-refractivity contribution in [3.05, 3.63) is 60.8 Å². The molecule has 420 valence electrons. The molecule has 0 radical (unpaired) electrons. The third kappa shape index (κ3) is 39.5. The van der Waals surface area contributed by atoms with E-state index in [9.17, 15) is 34.5 Å². The lowest BCUT2D eigenvalue weighted by atomic mass is 9.98. The first-order valence-electron chi connectivity index (χ1n) is 29.3. The van der Waals surface area contributed by atoms with E-state index in [1.54, 1.807) is 0 Å². The maximum absolute atomic E-state index is 13.1. The molecule has 6 atom stereocenters. The number of carbonyl (C=O) groups excluding carboxylic acids is 3. The van der Waals surface area contributed by atoms with Crippen LogP contribution in [0.4, 0.5) is 0 Å². The van der Waals surface area contributed by atoms with Crippen LogP contribution >= 0.6 is 0 Å². The molecule has 0 aromatic carbocycles. The molecule has 73 heavy (non-hydrogen) atoms. The maximum Gasteiger partial charge on any atom is 0.335 e. The van der Waals surface area contributed by atoms with Crippen molar-refractivity contribution in [2.24, 2.45) is 0 Å². The number of allylic oxidation sites excluding steroid dienone is 10. The van der Waals surface area contributed by atoms with Crippen molar-refractivity contribution in [1.29, 1.82) is 0 Å². The van der Waals surface area contributed by atoms with E-state index >= 15 is 0 Å². The van der Waals surface area contributed by atoms with Gasteiger partial charge in [0.15, 0.2) is 24.6 Å². The Balaban J connectivity index is 2.71. The van der Waals surface area contributed by atoms with Crippen molar-refractivity contribution in [3.8, 4) is 0 Å². The lowest BCUT2D eigenvalue weighted by Gasteiger charge is -2.40. The molecule has 6 unspecified atom stereocenters. The number of rotatable bonds is 49. The molecule has 1 aliphatic heterocycles. The molecule has 3 N–H and O–H groups in total. The molecule has 1 aliphatic rings. The number of carboxylic acid groups (broad SMARTS) is 1. The lowest BCUT2D eigenvalue weighted by molar-refractivity contribution is -0.301. The Morgan fingerprint density at radius 3 is 1.38 bits per heavy atom. The van der Waals surface area contributed by atoms with E-state index in [0.29, 0.717) is 25.7 Å². The fourth-order valence-electron chi connectivity index (χ4n) is 8.61. The van der Waals surface area contributed by atoms with Gasteiger partial charge in [0.25, 0.3) is 0 Å². The Hall–Kier alpha value is -3.58. The second-order valence-electron chi connectivity index (χ2n) is 19.9. The minimum Gasteiger partial charge on any atom is -0.479 e. The van der Waals surface area contributed by atoms with Gasteiger partial charge in [0.05, 0.1) is 6.61 Å². The molecule has 1 heterocycles. The van der Waals surface area contributed by atoms with Crippen molar-refractivity contribution in [2.45, 2.75) is 289 Å². The standard InChI is InChI=1S/C61H104O12/c1-4-7-10-13-16-19-22-25-26-27-28-31-32-35-38-41-44-47-53(62)69-50-52(71-54(63)48-45-42-39-36-33-29-23-20-17-14-11-8-5-2)51-70-61-59(57(66)56(65)58(73-61)60(67)68)72-55(64)49-46-43-40-37-34-30-24-21-18-15-12-9-6-3/h8,11,17,20-21,24,29,33,39,42,52,56-59,61,65-66H,4-7,9-10,12-16,18-19,22-23,25-28,30-32,34-38,40-41,43-51H2,1-3H3,(H,67,68)/b11-8-,20-17-,24-21-,33-29-,42-39-. The Morgan fingerprint density at radius 2 is 0.890 bits per heavy atom. The third-order valence-corrected chi connectivity index (χ3v) is 13.1. The number of aliphatic hydroxyl groups excluding tert-OH is 2. The SMILES string of the molecule is CC/C=C\C/C=C\C/C=C\C/C=C\CCC(=O)OC(COC(=O)CCCCCCCCCCCCCCCCCCC)COC1OC(C(=O)O)C(O)C(O)C1OC(=O)CCCCCCC/C=C\CCCCCC. The van der Waals surface area contributed by atoms with Gasteiger partial charge >= 0.3 is 23.9 Å². The summed E-state index contributed by atoms with van der Waals surface area (Å²) in [7, 11) is 0. The first-order chi connectivity index (χ1) is 35.6. The number of ether oxygens (including phenoxy) is 5. The molecule has 1 rings (SSSR count). The second kappa shape index (κ2) is 49.3. The number of hydrogen-bond donors (Lipinski definition) is 3. The zero-order chi connectivity index (χ0) is 53.3. The van der Waals surface area contributed by atoms with Gasteiger partial charge < -0.3 is 39.0 Å². The topological polar surface area (TPSA) is 175 Å². The molecule has 0 spiro atoms. The summed E-state index contributed by atoms with van der Waals surface area (Å²) in [6.07, 6.45) is 47.9. The number of carboxylic acids is 1. The minimum atomic E-state index is -1.91. The van der Waals surface area contributed by atoms with Crippen LogP contribution in [0.15, 0.2) is 60.8 Å². The maximum atomic E-state index is 13.1.